The van der Waals surface area contributed by atoms with Crippen molar-refractivity contribution >= 4 is 6.03 Å². The summed E-state index contributed by atoms with van der Waals surface area (Å²) in [5.74, 6) is 0.544. The lowest BCUT2D eigenvalue weighted by Gasteiger charge is -2.28. The van der Waals surface area contributed by atoms with Crippen LogP contribution in [0.3, 0.4) is 0 Å². The second-order valence-electron chi connectivity index (χ2n) is 8.13. The molecule has 1 saturated heterocycles. The topological polar surface area (TPSA) is 83.9 Å². The van der Waals surface area contributed by atoms with Crippen LogP contribution in [0.2, 0.25) is 0 Å². The van der Waals surface area contributed by atoms with E-state index in [4.69, 9.17) is 5.10 Å². The van der Waals surface area contributed by atoms with Crippen molar-refractivity contribution in [3.63, 3.8) is 0 Å². The molecule has 1 aromatic carbocycles. The standard InChI is InChI=1S/C23H26N6O/c30-23(27-21-7-6-19-12-17(21)13-25-19)26-14-18-15-29(20-4-2-1-3-5-20)28-22(18)16-8-10-24-11-9-16/h1-5,8-11,15,17,19,21,25H,6-7,12-14H2,(H2,26,27,30). The number of para-hydroxylation sites is 1. The van der Waals surface area contributed by atoms with Crippen LogP contribution in [-0.4, -0.2) is 39.4 Å². The Hall–Kier alpha value is -3.19. The number of fused-ring (bicyclic) bond motifs is 2. The molecule has 2 fully saturated rings. The maximum absolute atomic E-state index is 12.6. The Morgan fingerprint density at radius 1 is 1.13 bits per heavy atom. The molecule has 2 aromatic heterocycles. The molecule has 1 saturated carbocycles. The van der Waals surface area contributed by atoms with Gasteiger partial charge in [-0.1, -0.05) is 18.2 Å². The van der Waals surface area contributed by atoms with Gasteiger partial charge in [-0.05, 0) is 49.4 Å². The van der Waals surface area contributed by atoms with Gasteiger partial charge in [0.05, 0.1) is 11.4 Å². The number of pyridine rings is 1. The van der Waals surface area contributed by atoms with E-state index in [0.29, 0.717) is 18.5 Å². The number of amides is 2. The van der Waals surface area contributed by atoms with E-state index in [2.05, 4.69) is 20.9 Å². The maximum Gasteiger partial charge on any atom is 0.315 e. The average molecular weight is 403 g/mol. The van der Waals surface area contributed by atoms with E-state index in [1.54, 1.807) is 12.4 Å². The van der Waals surface area contributed by atoms with Crippen LogP contribution in [-0.2, 0) is 6.54 Å². The number of rotatable bonds is 5. The molecule has 7 nitrogen and oxygen atoms in total. The number of urea groups is 1. The third-order valence-corrected chi connectivity index (χ3v) is 6.17. The Bertz CT molecular complexity index is 1000. The molecule has 5 rings (SSSR count). The van der Waals surface area contributed by atoms with Crippen molar-refractivity contribution in [1.29, 1.82) is 0 Å². The zero-order valence-electron chi connectivity index (χ0n) is 16.8. The lowest BCUT2D eigenvalue weighted by molar-refractivity contribution is 0.225. The molecule has 2 amide bonds. The minimum atomic E-state index is -0.113. The average Bonchev–Trinajstić information content (AvgIpc) is 3.40. The van der Waals surface area contributed by atoms with Crippen molar-refractivity contribution in [2.45, 2.75) is 37.9 Å². The maximum atomic E-state index is 12.6. The molecule has 154 valence electrons. The van der Waals surface area contributed by atoms with Gasteiger partial charge in [0, 0.05) is 54.9 Å². The third kappa shape index (κ3) is 3.93. The van der Waals surface area contributed by atoms with Gasteiger partial charge in [-0.15, -0.1) is 0 Å². The highest BCUT2D eigenvalue weighted by Crippen LogP contribution is 2.29. The van der Waals surface area contributed by atoms with Crippen molar-refractivity contribution in [3.8, 4) is 16.9 Å². The second-order valence-corrected chi connectivity index (χ2v) is 8.13. The summed E-state index contributed by atoms with van der Waals surface area (Å²) in [5, 5.41) is 14.5. The van der Waals surface area contributed by atoms with Crippen LogP contribution >= 0.6 is 0 Å². The van der Waals surface area contributed by atoms with Crippen LogP contribution in [0.15, 0.2) is 61.1 Å². The van der Waals surface area contributed by atoms with Crippen LogP contribution in [0, 0.1) is 5.92 Å². The van der Waals surface area contributed by atoms with Gasteiger partial charge in [0.1, 0.15) is 0 Å². The molecular weight excluding hydrogens is 376 g/mol. The predicted molar refractivity (Wildman–Crippen MR) is 115 cm³/mol. The Balaban J connectivity index is 1.31. The molecule has 0 spiro atoms. The smallest absolute Gasteiger partial charge is 0.315 e. The number of hydrogen-bond acceptors (Lipinski definition) is 4. The van der Waals surface area contributed by atoms with Gasteiger partial charge >= 0.3 is 6.03 Å². The molecule has 1 aliphatic carbocycles. The van der Waals surface area contributed by atoms with E-state index in [1.807, 2.05) is 53.3 Å². The third-order valence-electron chi connectivity index (χ3n) is 6.17. The fraction of sp³-hybridized carbons (Fsp3) is 0.348. The van der Waals surface area contributed by atoms with Crippen molar-refractivity contribution < 1.29 is 4.79 Å². The van der Waals surface area contributed by atoms with E-state index >= 15 is 0 Å². The molecular formula is C23H26N6O. The normalized spacial score (nSPS) is 22.6. The Kier molecular flexibility index (Phi) is 5.19. The van der Waals surface area contributed by atoms with Gasteiger partial charge in [0.25, 0.3) is 0 Å². The SMILES string of the molecule is O=C(NCc1cn(-c2ccccc2)nc1-c1ccncc1)NC1CCC2CC1CN2. The fourth-order valence-electron chi connectivity index (χ4n) is 4.58. The summed E-state index contributed by atoms with van der Waals surface area (Å²) in [6, 6.07) is 14.6. The number of aromatic nitrogens is 3. The first-order valence-corrected chi connectivity index (χ1v) is 10.6. The lowest BCUT2D eigenvalue weighted by atomic mass is 9.86. The molecule has 0 radical (unpaired) electrons. The van der Waals surface area contributed by atoms with Crippen LogP contribution < -0.4 is 16.0 Å². The molecule has 3 N–H and O–H groups in total. The molecule has 2 aliphatic rings. The highest BCUT2D eigenvalue weighted by Gasteiger charge is 2.36. The summed E-state index contributed by atoms with van der Waals surface area (Å²) in [5.41, 5.74) is 3.77. The molecule has 2 bridgehead atoms. The van der Waals surface area contributed by atoms with E-state index in [0.717, 1.165) is 41.9 Å². The van der Waals surface area contributed by atoms with E-state index < -0.39 is 0 Å². The predicted octanol–water partition coefficient (Wildman–Crippen LogP) is 2.87. The van der Waals surface area contributed by atoms with Crippen molar-refractivity contribution in [2.24, 2.45) is 5.92 Å². The molecule has 1 aliphatic heterocycles. The van der Waals surface area contributed by atoms with E-state index in [1.165, 1.54) is 6.42 Å². The van der Waals surface area contributed by atoms with Gasteiger partial charge in [0.2, 0.25) is 0 Å². The monoisotopic (exact) mass is 402 g/mol. The lowest BCUT2D eigenvalue weighted by Crippen LogP contribution is -2.46. The summed E-state index contributed by atoms with van der Waals surface area (Å²) in [4.78, 5) is 16.7. The van der Waals surface area contributed by atoms with Crippen molar-refractivity contribution in [2.75, 3.05) is 6.54 Å². The number of carbonyl (C=O) groups excluding carboxylic acids is 1. The van der Waals surface area contributed by atoms with Gasteiger partial charge in [0.15, 0.2) is 0 Å². The molecule has 3 unspecified atom stereocenters. The zero-order chi connectivity index (χ0) is 20.3. The highest BCUT2D eigenvalue weighted by molar-refractivity contribution is 5.74. The zero-order valence-corrected chi connectivity index (χ0v) is 16.8. The number of nitrogens with zero attached hydrogens (tertiary/aromatic N) is 3. The van der Waals surface area contributed by atoms with Crippen molar-refractivity contribution in [3.05, 3.63) is 66.6 Å². The van der Waals surface area contributed by atoms with Crippen molar-refractivity contribution in [1.82, 2.24) is 30.7 Å². The number of carbonyl (C=O) groups is 1. The number of nitrogens with one attached hydrogen (secondary N) is 3. The largest absolute Gasteiger partial charge is 0.335 e. The van der Waals surface area contributed by atoms with Gasteiger partial charge < -0.3 is 16.0 Å². The van der Waals surface area contributed by atoms with E-state index in [9.17, 15) is 4.79 Å². The summed E-state index contributed by atoms with van der Waals surface area (Å²) in [7, 11) is 0. The summed E-state index contributed by atoms with van der Waals surface area (Å²) < 4.78 is 1.86. The molecule has 3 heterocycles. The number of hydrogen-bond donors (Lipinski definition) is 3. The van der Waals surface area contributed by atoms with Crippen LogP contribution in [0.4, 0.5) is 4.79 Å². The summed E-state index contributed by atoms with van der Waals surface area (Å²) in [6.45, 7) is 1.42. The number of benzene rings is 1. The summed E-state index contributed by atoms with van der Waals surface area (Å²) in [6.07, 6.45) is 8.85. The Morgan fingerprint density at radius 3 is 2.80 bits per heavy atom. The van der Waals surface area contributed by atoms with E-state index in [-0.39, 0.29) is 12.1 Å². The minimum absolute atomic E-state index is 0.113. The fourth-order valence-corrected chi connectivity index (χ4v) is 4.58. The summed E-state index contributed by atoms with van der Waals surface area (Å²) >= 11 is 0. The molecule has 3 aromatic rings. The first-order chi connectivity index (χ1) is 14.8. The van der Waals surface area contributed by atoms with Gasteiger partial charge in [-0.3, -0.25) is 4.98 Å². The molecule has 7 heteroatoms. The quantitative estimate of drug-likeness (QED) is 0.613. The van der Waals surface area contributed by atoms with Crippen LogP contribution in [0.5, 0.6) is 0 Å². The second kappa shape index (κ2) is 8.28. The Morgan fingerprint density at radius 2 is 1.97 bits per heavy atom. The minimum Gasteiger partial charge on any atom is -0.335 e. The van der Waals surface area contributed by atoms with Crippen LogP contribution in [0.25, 0.3) is 16.9 Å². The molecule has 30 heavy (non-hydrogen) atoms. The first-order valence-electron chi connectivity index (χ1n) is 10.6. The van der Waals surface area contributed by atoms with Gasteiger partial charge in [-0.25, -0.2) is 9.48 Å². The van der Waals surface area contributed by atoms with Gasteiger partial charge in [-0.2, -0.15) is 5.10 Å². The first kappa shape index (κ1) is 18.8. The van der Waals surface area contributed by atoms with Crippen LogP contribution in [0.1, 0.15) is 24.8 Å². The molecule has 3 atom stereocenters. The highest BCUT2D eigenvalue weighted by atomic mass is 16.2. The Labute approximate surface area is 175 Å².